The smallest absolute Gasteiger partial charge is 0.228 e. The predicted molar refractivity (Wildman–Crippen MR) is 79.6 cm³/mol. The molecular weight excluding hydrogens is 274 g/mol. The molecule has 1 aromatic heterocycles. The number of carbonyl (C=O) groups excluding carboxylic acids is 1. The number of nitrogens with zero attached hydrogens (tertiary/aromatic N) is 3. The highest BCUT2D eigenvalue weighted by molar-refractivity contribution is 7.09. The molecule has 0 spiro atoms. The maximum atomic E-state index is 11.7. The molecule has 1 aromatic rings. The van der Waals surface area contributed by atoms with Crippen LogP contribution in [0.15, 0.2) is 5.38 Å². The summed E-state index contributed by atoms with van der Waals surface area (Å²) in [4.78, 5) is 20.1. The van der Waals surface area contributed by atoms with Gasteiger partial charge in [-0.05, 0) is 19.4 Å². The van der Waals surface area contributed by atoms with Crippen LogP contribution in [0.3, 0.4) is 0 Å². The van der Waals surface area contributed by atoms with Crippen LogP contribution in [0.2, 0.25) is 0 Å². The number of aromatic nitrogens is 1. The Labute approximate surface area is 124 Å². The Morgan fingerprint density at radius 1 is 1.55 bits per heavy atom. The first-order valence-electron chi connectivity index (χ1n) is 7.08. The van der Waals surface area contributed by atoms with Crippen molar-refractivity contribution in [1.29, 1.82) is 0 Å². The molecule has 0 aliphatic carbocycles. The maximum Gasteiger partial charge on any atom is 0.228 e. The van der Waals surface area contributed by atoms with E-state index in [1.807, 2.05) is 5.38 Å². The van der Waals surface area contributed by atoms with Crippen molar-refractivity contribution in [2.24, 2.45) is 0 Å². The van der Waals surface area contributed by atoms with E-state index < -0.39 is 0 Å². The number of aliphatic hydroxyl groups excluding tert-OH is 1. The first-order valence-corrected chi connectivity index (χ1v) is 7.96. The summed E-state index contributed by atoms with van der Waals surface area (Å²) >= 11 is 1.54. The summed E-state index contributed by atoms with van der Waals surface area (Å²) in [5, 5.41) is 12.3. The van der Waals surface area contributed by atoms with Crippen molar-refractivity contribution < 1.29 is 9.90 Å². The van der Waals surface area contributed by atoms with Crippen LogP contribution in [-0.4, -0.2) is 59.1 Å². The fourth-order valence-electron chi connectivity index (χ4n) is 2.47. The molecule has 0 unspecified atom stereocenters. The van der Waals surface area contributed by atoms with Crippen molar-refractivity contribution in [3.8, 4) is 0 Å². The molecule has 1 saturated heterocycles. The van der Waals surface area contributed by atoms with Crippen LogP contribution < -0.4 is 0 Å². The summed E-state index contributed by atoms with van der Waals surface area (Å²) in [5.41, 5.74) is 1.01. The van der Waals surface area contributed by atoms with E-state index in [0.29, 0.717) is 6.42 Å². The van der Waals surface area contributed by atoms with Gasteiger partial charge >= 0.3 is 0 Å². The third kappa shape index (κ3) is 4.01. The van der Waals surface area contributed by atoms with Crippen molar-refractivity contribution in [2.45, 2.75) is 38.3 Å². The summed E-state index contributed by atoms with van der Waals surface area (Å²) in [5.74, 6) is 0.0807. The lowest BCUT2D eigenvalue weighted by atomic mass is 10.0. The minimum Gasteiger partial charge on any atom is -0.395 e. The summed E-state index contributed by atoms with van der Waals surface area (Å²) in [6.07, 6.45) is 3.82. The van der Waals surface area contributed by atoms with Gasteiger partial charge in [-0.3, -0.25) is 9.69 Å². The van der Waals surface area contributed by atoms with E-state index in [2.05, 4.69) is 9.88 Å². The first kappa shape index (κ1) is 15.4. The Hall–Kier alpha value is -0.980. The Kier molecular flexibility index (Phi) is 5.51. The topological polar surface area (TPSA) is 56.7 Å². The van der Waals surface area contributed by atoms with Crippen LogP contribution >= 0.6 is 11.3 Å². The zero-order chi connectivity index (χ0) is 14.5. The van der Waals surface area contributed by atoms with Crippen molar-refractivity contribution in [3.05, 3.63) is 16.1 Å². The zero-order valence-electron chi connectivity index (χ0n) is 12.2. The molecule has 0 radical (unpaired) electrons. The van der Waals surface area contributed by atoms with Crippen molar-refractivity contribution >= 4 is 17.2 Å². The summed E-state index contributed by atoms with van der Waals surface area (Å²) in [6, 6.07) is 0.261. The summed E-state index contributed by atoms with van der Waals surface area (Å²) < 4.78 is 0. The number of hydrogen-bond donors (Lipinski definition) is 1. The molecule has 0 saturated carbocycles. The van der Waals surface area contributed by atoms with E-state index >= 15 is 0 Å². The Bertz CT molecular complexity index is 447. The first-order chi connectivity index (χ1) is 9.60. The molecule has 1 atom stereocenters. The molecule has 1 amide bonds. The van der Waals surface area contributed by atoms with E-state index in [9.17, 15) is 9.90 Å². The van der Waals surface area contributed by atoms with Crippen LogP contribution in [0.1, 0.15) is 30.0 Å². The normalized spacial score (nSPS) is 20.1. The monoisotopic (exact) mass is 297 g/mol. The molecule has 2 rings (SSSR count). The Balaban J connectivity index is 1.93. The van der Waals surface area contributed by atoms with Gasteiger partial charge in [0.25, 0.3) is 0 Å². The number of likely N-dealkylation sites (tertiary alicyclic amines) is 1. The zero-order valence-corrected chi connectivity index (χ0v) is 13.0. The van der Waals surface area contributed by atoms with Crippen molar-refractivity contribution in [2.75, 3.05) is 27.2 Å². The van der Waals surface area contributed by atoms with E-state index in [1.54, 1.807) is 30.3 Å². The molecule has 6 heteroatoms. The largest absolute Gasteiger partial charge is 0.395 e. The van der Waals surface area contributed by atoms with Gasteiger partial charge in [0.15, 0.2) is 0 Å². The van der Waals surface area contributed by atoms with Gasteiger partial charge in [-0.15, -0.1) is 11.3 Å². The summed E-state index contributed by atoms with van der Waals surface area (Å²) in [6.45, 7) is 2.02. The summed E-state index contributed by atoms with van der Waals surface area (Å²) in [7, 11) is 3.52. The van der Waals surface area contributed by atoms with Gasteiger partial charge < -0.3 is 10.0 Å². The van der Waals surface area contributed by atoms with Crippen molar-refractivity contribution in [3.63, 3.8) is 0 Å². The second kappa shape index (κ2) is 7.15. The second-order valence-electron chi connectivity index (χ2n) is 5.50. The molecular formula is C14H23N3O2S. The number of thiazole rings is 1. The molecule has 0 bridgehead atoms. The van der Waals surface area contributed by atoms with Gasteiger partial charge in [0, 0.05) is 32.1 Å². The molecule has 5 nitrogen and oxygen atoms in total. The highest BCUT2D eigenvalue weighted by Gasteiger charge is 2.22. The van der Waals surface area contributed by atoms with Gasteiger partial charge in [0.05, 0.1) is 18.7 Å². The molecule has 2 heterocycles. The third-order valence-corrected chi connectivity index (χ3v) is 4.62. The fourth-order valence-corrected chi connectivity index (χ4v) is 3.25. The number of hydrogen-bond acceptors (Lipinski definition) is 5. The average Bonchev–Trinajstić information content (AvgIpc) is 2.86. The average molecular weight is 297 g/mol. The Morgan fingerprint density at radius 3 is 3.05 bits per heavy atom. The molecule has 1 fully saturated rings. The number of carbonyl (C=O) groups is 1. The maximum absolute atomic E-state index is 11.7. The van der Waals surface area contributed by atoms with E-state index in [4.69, 9.17) is 0 Å². The molecule has 20 heavy (non-hydrogen) atoms. The number of piperidine rings is 1. The second-order valence-corrected chi connectivity index (χ2v) is 6.44. The molecule has 112 valence electrons. The van der Waals surface area contributed by atoms with Gasteiger partial charge in [-0.2, -0.15) is 0 Å². The van der Waals surface area contributed by atoms with Crippen LogP contribution in [0.25, 0.3) is 0 Å². The SMILES string of the molecule is CN(C)C(=O)Cc1nc(CN2CCCC[C@@H]2CO)cs1. The van der Waals surface area contributed by atoms with Crippen molar-refractivity contribution in [1.82, 2.24) is 14.8 Å². The lowest BCUT2D eigenvalue weighted by Gasteiger charge is -2.33. The lowest BCUT2D eigenvalue weighted by Crippen LogP contribution is -2.41. The van der Waals surface area contributed by atoms with Gasteiger partial charge in [-0.25, -0.2) is 4.98 Å². The van der Waals surface area contributed by atoms with Crippen LogP contribution in [0.4, 0.5) is 0 Å². The van der Waals surface area contributed by atoms with Crippen LogP contribution in [0.5, 0.6) is 0 Å². The van der Waals surface area contributed by atoms with Gasteiger partial charge in [0.2, 0.25) is 5.91 Å². The fraction of sp³-hybridized carbons (Fsp3) is 0.714. The minimum atomic E-state index is 0.0807. The highest BCUT2D eigenvalue weighted by atomic mass is 32.1. The van der Waals surface area contributed by atoms with Gasteiger partial charge in [0.1, 0.15) is 5.01 Å². The predicted octanol–water partition coefficient (Wildman–Crippen LogP) is 1.12. The van der Waals surface area contributed by atoms with Crippen LogP contribution in [0, 0.1) is 0 Å². The molecule has 1 aliphatic rings. The van der Waals surface area contributed by atoms with E-state index in [-0.39, 0.29) is 18.6 Å². The number of aliphatic hydroxyl groups is 1. The van der Waals surface area contributed by atoms with E-state index in [1.165, 1.54) is 12.8 Å². The minimum absolute atomic E-state index is 0.0807. The number of rotatable bonds is 5. The number of amides is 1. The molecule has 0 aromatic carbocycles. The third-order valence-electron chi connectivity index (χ3n) is 3.73. The van der Waals surface area contributed by atoms with Gasteiger partial charge in [-0.1, -0.05) is 6.42 Å². The number of likely N-dealkylation sites (N-methyl/N-ethyl adjacent to an activating group) is 1. The van der Waals surface area contributed by atoms with E-state index in [0.717, 1.165) is 30.2 Å². The molecule has 1 aliphatic heterocycles. The molecule has 1 N–H and O–H groups in total. The lowest BCUT2D eigenvalue weighted by molar-refractivity contribution is -0.127. The van der Waals surface area contributed by atoms with Crippen LogP contribution in [-0.2, 0) is 17.8 Å². The highest BCUT2D eigenvalue weighted by Crippen LogP contribution is 2.20. The standard InChI is InChI=1S/C14H23N3O2S/c1-16(2)14(19)7-13-15-11(10-20-13)8-17-6-4-3-5-12(17)9-18/h10,12,18H,3-9H2,1-2H3/t12-/m1/s1. The Morgan fingerprint density at radius 2 is 2.35 bits per heavy atom. The quantitative estimate of drug-likeness (QED) is 0.885.